The molecule has 12 aromatic rings. The van der Waals surface area contributed by atoms with Crippen molar-refractivity contribution in [2.75, 3.05) is 0 Å². The predicted octanol–water partition coefficient (Wildman–Crippen LogP) is 15.6. The molecule has 1 aromatic heterocycles. The van der Waals surface area contributed by atoms with Gasteiger partial charge in [-0.2, -0.15) is 0 Å². The number of para-hydroxylation sites is 1. The highest BCUT2D eigenvalue weighted by atomic mass is 15.0. The predicted molar refractivity (Wildman–Crippen MR) is 245 cm³/mol. The van der Waals surface area contributed by atoms with Crippen molar-refractivity contribution in [2.45, 2.75) is 0 Å². The Bertz CT molecular complexity index is 3550. The van der Waals surface area contributed by atoms with Gasteiger partial charge in [0.2, 0.25) is 0 Å². The Labute approximate surface area is 330 Å². The van der Waals surface area contributed by atoms with Crippen molar-refractivity contribution in [1.82, 2.24) is 4.57 Å². The lowest BCUT2D eigenvalue weighted by molar-refractivity contribution is 1.19. The minimum atomic E-state index is 1.15. The molecule has 1 heteroatoms. The van der Waals surface area contributed by atoms with Crippen LogP contribution in [0.2, 0.25) is 0 Å². The topological polar surface area (TPSA) is 4.93 Å². The average molecular weight is 722 g/mol. The third-order valence-electron chi connectivity index (χ3n) is 12.2. The van der Waals surface area contributed by atoms with Gasteiger partial charge in [0.1, 0.15) is 0 Å². The van der Waals surface area contributed by atoms with Crippen molar-refractivity contribution < 1.29 is 0 Å². The summed E-state index contributed by atoms with van der Waals surface area (Å²) in [7, 11) is 0. The minimum absolute atomic E-state index is 1.15. The van der Waals surface area contributed by atoms with Gasteiger partial charge in [-0.25, -0.2) is 0 Å². The average Bonchev–Trinajstić information content (AvgIpc) is 3.63. The Morgan fingerprint density at radius 1 is 0.246 bits per heavy atom. The van der Waals surface area contributed by atoms with E-state index < -0.39 is 0 Å². The summed E-state index contributed by atoms with van der Waals surface area (Å²) in [5.74, 6) is 0. The summed E-state index contributed by atoms with van der Waals surface area (Å²) in [6.07, 6.45) is 0. The van der Waals surface area contributed by atoms with Crippen molar-refractivity contribution in [2.24, 2.45) is 0 Å². The number of aromatic nitrogens is 1. The standard InChI is InChI=1S/C56H35N/c1-3-15-42-39(13-1)33-51(46-19-7-5-17-44(42)46)36-25-27-37(28-26-36)53-35-54-49-22-11-12-24-55(49)57(56(54)50-23-10-9-21-48(50)53)41-31-29-38(30-32-41)52-34-40-14-2-4-16-43(40)45-18-6-8-20-47(45)52/h1-35H. The largest absolute Gasteiger partial charge is 0.309 e. The van der Waals surface area contributed by atoms with E-state index in [2.05, 4.69) is 217 Å². The summed E-state index contributed by atoms with van der Waals surface area (Å²) in [5.41, 5.74) is 11.0. The smallest absolute Gasteiger partial charge is 0.0619 e. The lowest BCUT2D eigenvalue weighted by Gasteiger charge is -2.15. The molecule has 0 N–H and O–H groups in total. The first-order valence-corrected chi connectivity index (χ1v) is 19.8. The van der Waals surface area contributed by atoms with Crippen molar-refractivity contribution in [1.29, 1.82) is 0 Å². The third kappa shape index (κ3) is 4.89. The Morgan fingerprint density at radius 3 is 1.14 bits per heavy atom. The Kier molecular flexibility index (Phi) is 7.00. The van der Waals surface area contributed by atoms with Crippen molar-refractivity contribution in [3.63, 3.8) is 0 Å². The molecule has 0 aliphatic rings. The number of benzene rings is 11. The number of hydrogen-bond acceptors (Lipinski definition) is 0. The molecule has 1 nitrogen and oxygen atoms in total. The molecule has 12 rings (SSSR count). The number of fused-ring (bicyclic) bond motifs is 11. The Morgan fingerprint density at radius 2 is 0.614 bits per heavy atom. The van der Waals surface area contributed by atoms with Crippen molar-refractivity contribution in [3.8, 4) is 39.1 Å². The fourth-order valence-electron chi connectivity index (χ4n) is 9.54. The first kappa shape index (κ1) is 31.8. The molecule has 0 radical (unpaired) electrons. The van der Waals surface area contributed by atoms with E-state index in [-0.39, 0.29) is 0 Å². The lowest BCUT2D eigenvalue weighted by Crippen LogP contribution is -1.95. The van der Waals surface area contributed by atoms with Crippen molar-refractivity contribution in [3.05, 3.63) is 212 Å². The summed E-state index contributed by atoms with van der Waals surface area (Å²) in [6.45, 7) is 0. The van der Waals surface area contributed by atoms with Gasteiger partial charge in [0.15, 0.2) is 0 Å². The fraction of sp³-hybridized carbons (Fsp3) is 0. The van der Waals surface area contributed by atoms with Crippen LogP contribution in [0.3, 0.4) is 0 Å². The van der Waals surface area contributed by atoms with E-state index in [9.17, 15) is 0 Å². The first-order chi connectivity index (χ1) is 28.3. The van der Waals surface area contributed by atoms with Crippen LogP contribution in [0.4, 0.5) is 0 Å². The molecule has 0 saturated heterocycles. The molecule has 57 heavy (non-hydrogen) atoms. The molecule has 0 aliphatic carbocycles. The van der Waals surface area contributed by atoms with E-state index in [0.717, 1.165) is 5.69 Å². The third-order valence-corrected chi connectivity index (χ3v) is 12.2. The van der Waals surface area contributed by atoms with E-state index in [0.29, 0.717) is 0 Å². The molecule has 0 saturated carbocycles. The summed E-state index contributed by atoms with van der Waals surface area (Å²) in [4.78, 5) is 0. The zero-order valence-electron chi connectivity index (χ0n) is 31.2. The highest BCUT2D eigenvalue weighted by Crippen LogP contribution is 2.43. The van der Waals surface area contributed by atoms with Gasteiger partial charge in [-0.15, -0.1) is 0 Å². The number of rotatable bonds is 4. The van der Waals surface area contributed by atoms with Crippen molar-refractivity contribution >= 4 is 75.7 Å². The van der Waals surface area contributed by atoms with E-state index >= 15 is 0 Å². The number of nitrogens with zero attached hydrogens (tertiary/aromatic N) is 1. The van der Waals surface area contributed by atoms with E-state index in [4.69, 9.17) is 0 Å². The minimum Gasteiger partial charge on any atom is -0.309 e. The van der Waals surface area contributed by atoms with Gasteiger partial charge >= 0.3 is 0 Å². The maximum absolute atomic E-state index is 2.47. The summed E-state index contributed by atoms with van der Waals surface area (Å²) in [5, 5.41) is 15.2. The second kappa shape index (κ2) is 12.5. The van der Waals surface area contributed by atoms with Gasteiger partial charge < -0.3 is 4.57 Å². The highest BCUT2D eigenvalue weighted by molar-refractivity contribution is 6.22. The van der Waals surface area contributed by atoms with Crippen LogP contribution in [0, 0.1) is 0 Å². The maximum Gasteiger partial charge on any atom is 0.0619 e. The second-order valence-electron chi connectivity index (χ2n) is 15.2. The fourth-order valence-corrected chi connectivity index (χ4v) is 9.54. The van der Waals surface area contributed by atoms with Crippen LogP contribution in [0.15, 0.2) is 212 Å². The molecule has 0 aliphatic heterocycles. The van der Waals surface area contributed by atoms with E-state index in [1.165, 1.54) is 109 Å². The maximum atomic E-state index is 2.47. The van der Waals surface area contributed by atoms with Crippen LogP contribution < -0.4 is 0 Å². The molecule has 0 unspecified atom stereocenters. The van der Waals surface area contributed by atoms with Gasteiger partial charge in [-0.05, 0) is 118 Å². The van der Waals surface area contributed by atoms with Crippen LogP contribution in [0.5, 0.6) is 0 Å². The highest BCUT2D eigenvalue weighted by Gasteiger charge is 2.19. The van der Waals surface area contributed by atoms with Crippen LogP contribution >= 0.6 is 0 Å². The number of hydrogen-bond donors (Lipinski definition) is 0. The van der Waals surface area contributed by atoms with Gasteiger partial charge in [-0.3, -0.25) is 0 Å². The van der Waals surface area contributed by atoms with Gasteiger partial charge in [0, 0.05) is 21.8 Å². The summed E-state index contributed by atoms with van der Waals surface area (Å²) >= 11 is 0. The van der Waals surface area contributed by atoms with Gasteiger partial charge in [0.05, 0.1) is 11.0 Å². The zero-order chi connectivity index (χ0) is 37.5. The quantitative estimate of drug-likeness (QED) is 0.160. The Hall–Kier alpha value is -7.48. The zero-order valence-corrected chi connectivity index (χ0v) is 31.2. The molecule has 0 atom stereocenters. The Balaban J connectivity index is 1.01. The normalized spacial score (nSPS) is 11.9. The summed E-state index contributed by atoms with van der Waals surface area (Å²) < 4.78 is 2.47. The summed E-state index contributed by atoms with van der Waals surface area (Å²) in [6, 6.07) is 78.3. The van der Waals surface area contributed by atoms with Crippen LogP contribution in [0.25, 0.3) is 115 Å². The molecule has 11 aromatic carbocycles. The monoisotopic (exact) mass is 721 g/mol. The molecule has 1 heterocycles. The van der Waals surface area contributed by atoms with Crippen LogP contribution in [0.1, 0.15) is 0 Å². The molecular formula is C56H35N. The molecule has 0 bridgehead atoms. The van der Waals surface area contributed by atoms with Gasteiger partial charge in [-0.1, -0.05) is 176 Å². The second-order valence-corrected chi connectivity index (χ2v) is 15.2. The lowest BCUT2D eigenvalue weighted by atomic mass is 9.91. The molecular weight excluding hydrogens is 687 g/mol. The first-order valence-electron chi connectivity index (χ1n) is 19.8. The van der Waals surface area contributed by atoms with Gasteiger partial charge in [0.25, 0.3) is 0 Å². The molecule has 0 amide bonds. The van der Waals surface area contributed by atoms with Crippen LogP contribution in [-0.2, 0) is 0 Å². The molecule has 0 spiro atoms. The van der Waals surface area contributed by atoms with E-state index in [1.807, 2.05) is 0 Å². The SMILES string of the molecule is c1ccc2c(c1)cc(-c1ccc(-c3cc4c5ccccc5n(-c5ccc(-c6cc7ccccc7c7ccccc67)cc5)c4c4ccccc34)cc1)c1ccccc12. The van der Waals surface area contributed by atoms with Crippen LogP contribution in [-0.4, -0.2) is 4.57 Å². The van der Waals surface area contributed by atoms with E-state index in [1.54, 1.807) is 0 Å². The molecule has 0 fully saturated rings. The molecule has 264 valence electrons.